The van der Waals surface area contributed by atoms with Crippen LogP contribution in [0.5, 0.6) is 0 Å². The molecule has 158 valence electrons. The van der Waals surface area contributed by atoms with Crippen LogP contribution in [0.1, 0.15) is 56.8 Å². The van der Waals surface area contributed by atoms with Crippen LogP contribution >= 0.6 is 12.2 Å². The third kappa shape index (κ3) is 4.95. The van der Waals surface area contributed by atoms with Crippen molar-refractivity contribution in [3.8, 4) is 0 Å². The summed E-state index contributed by atoms with van der Waals surface area (Å²) in [4.78, 5) is 30.3. The van der Waals surface area contributed by atoms with E-state index in [1.54, 1.807) is 22.8 Å². The fourth-order valence-corrected chi connectivity index (χ4v) is 4.54. The minimum absolute atomic E-state index is 0.0840. The van der Waals surface area contributed by atoms with Crippen molar-refractivity contribution in [2.75, 3.05) is 19.6 Å². The number of aromatic nitrogens is 2. The Morgan fingerprint density at radius 3 is 2.69 bits per heavy atom. The van der Waals surface area contributed by atoms with Crippen LogP contribution in [0.4, 0.5) is 0 Å². The summed E-state index contributed by atoms with van der Waals surface area (Å²) in [5.74, 6) is 0.415. The zero-order valence-corrected chi connectivity index (χ0v) is 18.5. The Balaban J connectivity index is 1.83. The highest BCUT2D eigenvalue weighted by atomic mass is 32.1. The number of fused-ring (bicyclic) bond motifs is 1. The molecule has 1 fully saturated rings. The molecule has 3 N–H and O–H groups in total. The van der Waals surface area contributed by atoms with Gasteiger partial charge in [0.15, 0.2) is 4.77 Å². The third-order valence-corrected chi connectivity index (χ3v) is 6.68. The van der Waals surface area contributed by atoms with Crippen LogP contribution in [-0.4, -0.2) is 41.1 Å². The van der Waals surface area contributed by atoms with Crippen molar-refractivity contribution in [3.05, 3.63) is 38.9 Å². The predicted molar refractivity (Wildman–Crippen MR) is 119 cm³/mol. The number of nitrogens with zero attached hydrogens (tertiary/aromatic N) is 1. The second-order valence-electron chi connectivity index (χ2n) is 8.20. The van der Waals surface area contributed by atoms with E-state index in [-0.39, 0.29) is 17.5 Å². The monoisotopic (exact) mass is 417 g/mol. The number of H-pyrrole nitrogens is 1. The van der Waals surface area contributed by atoms with Crippen molar-refractivity contribution >= 4 is 29.0 Å². The van der Waals surface area contributed by atoms with Gasteiger partial charge in [0.05, 0.1) is 37.1 Å². The lowest BCUT2D eigenvalue weighted by molar-refractivity contribution is -0.897. The number of carbonyl (C=O) groups excluding carboxylic acids is 1. The Morgan fingerprint density at radius 1 is 1.28 bits per heavy atom. The van der Waals surface area contributed by atoms with Gasteiger partial charge in [-0.15, -0.1) is 0 Å². The largest absolute Gasteiger partial charge is 0.349 e. The number of nitrogens with one attached hydrogen (secondary N) is 3. The number of quaternary nitrogens is 1. The first-order valence-corrected chi connectivity index (χ1v) is 11.3. The van der Waals surface area contributed by atoms with Crippen molar-refractivity contribution in [2.45, 2.75) is 59.0 Å². The molecule has 3 rings (SSSR count). The molecule has 1 aliphatic carbocycles. The van der Waals surface area contributed by atoms with Crippen LogP contribution in [0.3, 0.4) is 0 Å². The van der Waals surface area contributed by atoms with Gasteiger partial charge in [0.2, 0.25) is 0 Å². The Morgan fingerprint density at radius 2 is 2.00 bits per heavy atom. The molecule has 0 saturated heterocycles. The third-order valence-electron chi connectivity index (χ3n) is 6.36. The van der Waals surface area contributed by atoms with Crippen LogP contribution in [0.2, 0.25) is 0 Å². The van der Waals surface area contributed by atoms with E-state index in [0.717, 1.165) is 38.9 Å². The van der Waals surface area contributed by atoms with Crippen molar-refractivity contribution < 1.29 is 9.69 Å². The molecule has 1 aromatic heterocycles. The highest BCUT2D eigenvalue weighted by molar-refractivity contribution is 7.71. The second-order valence-corrected chi connectivity index (χ2v) is 8.58. The first kappa shape index (κ1) is 21.7. The smallest absolute Gasteiger partial charge is 0.262 e. The molecule has 1 heterocycles. The van der Waals surface area contributed by atoms with E-state index in [0.29, 0.717) is 33.7 Å². The standard InChI is InChI=1S/C22H32N4O2S/c1-4-25(5-2)12-13-26-21(28)17-11-10-16(14-19(17)24-22(26)29)20(27)23-18-9-7-6-8-15(18)3/h10-11,14-15,18H,4-9,12-13H2,1-3H3,(H,23,27)(H,24,29)/p+1. The van der Waals surface area contributed by atoms with E-state index in [4.69, 9.17) is 12.2 Å². The lowest BCUT2D eigenvalue weighted by Gasteiger charge is -2.29. The fraction of sp³-hybridized carbons (Fsp3) is 0.591. The van der Waals surface area contributed by atoms with E-state index in [1.165, 1.54) is 11.3 Å². The molecule has 1 amide bonds. The zero-order chi connectivity index (χ0) is 21.0. The van der Waals surface area contributed by atoms with Gasteiger partial charge in [-0.2, -0.15) is 0 Å². The summed E-state index contributed by atoms with van der Waals surface area (Å²) in [5.41, 5.74) is 1.09. The van der Waals surface area contributed by atoms with E-state index >= 15 is 0 Å². The van der Waals surface area contributed by atoms with Crippen molar-refractivity contribution in [1.82, 2.24) is 14.9 Å². The van der Waals surface area contributed by atoms with E-state index in [1.807, 2.05) is 0 Å². The Labute approximate surface area is 177 Å². The SMILES string of the molecule is CC[NH+](CC)CCn1c(=S)[nH]c2cc(C(=O)NC3CCCCC3C)ccc2c1=O. The summed E-state index contributed by atoms with van der Waals surface area (Å²) in [6.45, 7) is 9.97. The summed E-state index contributed by atoms with van der Waals surface area (Å²) in [7, 11) is 0. The van der Waals surface area contributed by atoms with Crippen molar-refractivity contribution in [2.24, 2.45) is 5.92 Å². The first-order valence-electron chi connectivity index (χ1n) is 10.9. The molecule has 2 aromatic rings. The lowest BCUT2D eigenvalue weighted by atomic mass is 9.86. The van der Waals surface area contributed by atoms with Gasteiger partial charge >= 0.3 is 0 Å². The van der Waals surface area contributed by atoms with Gasteiger partial charge in [-0.3, -0.25) is 14.2 Å². The molecule has 7 heteroatoms. The molecule has 0 aliphatic heterocycles. The van der Waals surface area contributed by atoms with Gasteiger partial charge in [0, 0.05) is 11.6 Å². The Hall–Kier alpha value is -1.99. The average Bonchev–Trinajstić information content (AvgIpc) is 2.72. The first-order chi connectivity index (χ1) is 13.9. The number of aromatic amines is 1. The molecule has 0 bridgehead atoms. The van der Waals surface area contributed by atoms with Crippen LogP contribution < -0.4 is 15.8 Å². The van der Waals surface area contributed by atoms with Crippen LogP contribution in [-0.2, 0) is 6.54 Å². The Bertz CT molecular complexity index is 977. The summed E-state index contributed by atoms with van der Waals surface area (Å²) in [6, 6.07) is 5.45. The van der Waals surface area contributed by atoms with E-state index < -0.39 is 0 Å². The van der Waals surface area contributed by atoms with Gasteiger partial charge in [-0.05, 0) is 63.0 Å². The molecule has 0 spiro atoms. The normalized spacial score (nSPS) is 19.6. The molecule has 1 saturated carbocycles. The predicted octanol–water partition coefficient (Wildman–Crippen LogP) is 2.29. The minimum atomic E-state index is -0.0943. The zero-order valence-electron chi connectivity index (χ0n) is 17.7. The van der Waals surface area contributed by atoms with Crippen LogP contribution in [0, 0.1) is 10.7 Å². The minimum Gasteiger partial charge on any atom is -0.349 e. The molecule has 2 atom stereocenters. The maximum atomic E-state index is 12.9. The summed E-state index contributed by atoms with van der Waals surface area (Å²) < 4.78 is 2.04. The molecule has 1 aromatic carbocycles. The number of hydrogen-bond acceptors (Lipinski definition) is 3. The number of amides is 1. The molecule has 2 unspecified atom stereocenters. The quantitative estimate of drug-likeness (QED) is 0.606. The van der Waals surface area contributed by atoms with Gasteiger partial charge in [0.25, 0.3) is 11.5 Å². The molecular formula is C22H33N4O2S+. The van der Waals surface area contributed by atoms with E-state index in [9.17, 15) is 9.59 Å². The van der Waals surface area contributed by atoms with Crippen molar-refractivity contribution in [1.29, 1.82) is 0 Å². The van der Waals surface area contributed by atoms with Gasteiger partial charge in [0.1, 0.15) is 0 Å². The number of benzene rings is 1. The van der Waals surface area contributed by atoms with E-state index in [2.05, 4.69) is 31.1 Å². The molecule has 29 heavy (non-hydrogen) atoms. The number of likely N-dealkylation sites (N-methyl/N-ethyl adjacent to an activating group) is 1. The number of carbonyl (C=O) groups is 1. The van der Waals surface area contributed by atoms with Crippen molar-refractivity contribution in [3.63, 3.8) is 0 Å². The molecule has 1 aliphatic rings. The molecule has 6 nitrogen and oxygen atoms in total. The molecular weight excluding hydrogens is 384 g/mol. The topological polar surface area (TPSA) is 71.3 Å². The number of hydrogen-bond donors (Lipinski definition) is 3. The summed E-state index contributed by atoms with van der Waals surface area (Å²) in [6.07, 6.45) is 4.59. The second kappa shape index (κ2) is 9.67. The maximum Gasteiger partial charge on any atom is 0.262 e. The average molecular weight is 418 g/mol. The number of rotatable bonds is 7. The highest BCUT2D eigenvalue weighted by Gasteiger charge is 2.23. The Kier molecular flexibility index (Phi) is 7.24. The van der Waals surface area contributed by atoms with Gasteiger partial charge in [-0.25, -0.2) is 0 Å². The lowest BCUT2D eigenvalue weighted by Crippen LogP contribution is -3.11. The highest BCUT2D eigenvalue weighted by Crippen LogP contribution is 2.24. The molecule has 0 radical (unpaired) electrons. The van der Waals surface area contributed by atoms with Gasteiger partial charge < -0.3 is 15.2 Å². The maximum absolute atomic E-state index is 12.9. The van der Waals surface area contributed by atoms with Gasteiger partial charge in [-0.1, -0.05) is 19.8 Å². The summed E-state index contributed by atoms with van der Waals surface area (Å²) >= 11 is 5.44. The van der Waals surface area contributed by atoms with Crippen LogP contribution in [0.25, 0.3) is 10.9 Å². The summed E-state index contributed by atoms with van der Waals surface area (Å²) in [5, 5.41) is 3.74. The van der Waals surface area contributed by atoms with Crippen LogP contribution in [0.15, 0.2) is 23.0 Å². The fourth-order valence-electron chi connectivity index (χ4n) is 4.25.